The van der Waals surface area contributed by atoms with Gasteiger partial charge >= 0.3 is 6.18 Å². The van der Waals surface area contributed by atoms with E-state index in [4.69, 9.17) is 0 Å². The van der Waals surface area contributed by atoms with Gasteiger partial charge in [0, 0.05) is 12.4 Å². The van der Waals surface area contributed by atoms with Crippen molar-refractivity contribution in [1.82, 2.24) is 19.7 Å². The van der Waals surface area contributed by atoms with E-state index < -0.39 is 11.9 Å². The highest BCUT2D eigenvalue weighted by Gasteiger charge is 2.32. The van der Waals surface area contributed by atoms with Gasteiger partial charge in [-0.1, -0.05) is 0 Å². The Labute approximate surface area is 113 Å². The summed E-state index contributed by atoms with van der Waals surface area (Å²) in [5.74, 6) is -0.117. The molecule has 0 saturated heterocycles. The van der Waals surface area contributed by atoms with E-state index in [1.165, 1.54) is 6.20 Å². The van der Waals surface area contributed by atoms with E-state index >= 15 is 0 Å². The van der Waals surface area contributed by atoms with E-state index in [0.717, 1.165) is 12.3 Å². The number of hydrogen-bond donors (Lipinski definition) is 1. The third-order valence-electron chi connectivity index (χ3n) is 2.47. The Hall–Kier alpha value is -2.12. The molecule has 108 valence electrons. The molecule has 5 nitrogen and oxygen atoms in total. The molecule has 0 aromatic carbocycles. The smallest absolute Gasteiger partial charge is 0.321 e. The Morgan fingerprint density at radius 2 is 1.90 bits per heavy atom. The normalized spacial score (nSPS) is 12.5. The molecular weight excluding hydrogens is 271 g/mol. The van der Waals surface area contributed by atoms with Gasteiger partial charge in [0.15, 0.2) is 0 Å². The number of aromatic nitrogens is 4. The molecule has 20 heavy (non-hydrogen) atoms. The lowest BCUT2D eigenvalue weighted by atomic mass is 10.1. The summed E-state index contributed by atoms with van der Waals surface area (Å²) in [6, 6.07) is 0.823. The Morgan fingerprint density at radius 1 is 1.20 bits per heavy atom. The second-order valence-corrected chi connectivity index (χ2v) is 5.23. The Balaban J connectivity index is 2.20. The Bertz CT molecular complexity index is 598. The SMILES string of the molecule is CC(C)(C)n1cc(Nc2nccc(C(F)(F)F)n2)cn1. The van der Waals surface area contributed by atoms with Crippen molar-refractivity contribution in [3.05, 3.63) is 30.4 Å². The lowest BCUT2D eigenvalue weighted by Gasteiger charge is -2.18. The quantitative estimate of drug-likeness (QED) is 0.920. The highest BCUT2D eigenvalue weighted by atomic mass is 19.4. The molecule has 2 aromatic heterocycles. The van der Waals surface area contributed by atoms with Crippen LogP contribution in [-0.4, -0.2) is 19.7 Å². The van der Waals surface area contributed by atoms with Crippen molar-refractivity contribution in [2.24, 2.45) is 0 Å². The first-order valence-electron chi connectivity index (χ1n) is 5.89. The van der Waals surface area contributed by atoms with Crippen LogP contribution in [0, 0.1) is 0 Å². The highest BCUT2D eigenvalue weighted by Crippen LogP contribution is 2.28. The number of alkyl halides is 3. The van der Waals surface area contributed by atoms with E-state index in [0.29, 0.717) is 5.69 Å². The second-order valence-electron chi connectivity index (χ2n) is 5.23. The summed E-state index contributed by atoms with van der Waals surface area (Å²) in [5, 5.41) is 6.83. The Morgan fingerprint density at radius 3 is 2.45 bits per heavy atom. The maximum absolute atomic E-state index is 12.5. The average molecular weight is 285 g/mol. The molecule has 1 N–H and O–H groups in total. The summed E-state index contributed by atoms with van der Waals surface area (Å²) in [7, 11) is 0. The van der Waals surface area contributed by atoms with Crippen molar-refractivity contribution in [2.75, 3.05) is 5.32 Å². The van der Waals surface area contributed by atoms with E-state index in [-0.39, 0.29) is 11.5 Å². The molecule has 0 aliphatic rings. The summed E-state index contributed by atoms with van der Waals surface area (Å²) in [6.07, 6.45) is -0.236. The third kappa shape index (κ3) is 3.25. The second kappa shape index (κ2) is 4.77. The van der Waals surface area contributed by atoms with Crippen LogP contribution in [0.2, 0.25) is 0 Å². The molecule has 8 heteroatoms. The van der Waals surface area contributed by atoms with E-state index in [1.807, 2.05) is 20.8 Å². The lowest BCUT2D eigenvalue weighted by Crippen LogP contribution is -2.21. The third-order valence-corrected chi connectivity index (χ3v) is 2.47. The van der Waals surface area contributed by atoms with Gasteiger partial charge in [-0.2, -0.15) is 18.3 Å². The fourth-order valence-corrected chi connectivity index (χ4v) is 1.46. The number of rotatable bonds is 2. The number of nitrogens with zero attached hydrogens (tertiary/aromatic N) is 4. The fourth-order valence-electron chi connectivity index (χ4n) is 1.46. The molecule has 0 amide bonds. The molecule has 0 aliphatic carbocycles. The van der Waals surface area contributed by atoms with E-state index in [1.54, 1.807) is 10.9 Å². The molecule has 2 aromatic rings. The van der Waals surface area contributed by atoms with Crippen LogP contribution in [0.5, 0.6) is 0 Å². The van der Waals surface area contributed by atoms with Gasteiger partial charge in [0.2, 0.25) is 5.95 Å². The summed E-state index contributed by atoms with van der Waals surface area (Å²) in [5.41, 5.74) is -0.674. The highest BCUT2D eigenvalue weighted by molar-refractivity contribution is 5.50. The maximum Gasteiger partial charge on any atom is 0.433 e. The molecule has 0 fully saturated rings. The minimum atomic E-state index is -4.49. The summed E-state index contributed by atoms with van der Waals surface area (Å²) >= 11 is 0. The molecule has 0 radical (unpaired) electrons. The lowest BCUT2D eigenvalue weighted by molar-refractivity contribution is -0.141. The molecule has 0 atom stereocenters. The van der Waals surface area contributed by atoms with Crippen molar-refractivity contribution in [3.63, 3.8) is 0 Å². The van der Waals surface area contributed by atoms with Gasteiger partial charge in [-0.3, -0.25) is 4.68 Å². The molecule has 0 bridgehead atoms. The number of halogens is 3. The minimum absolute atomic E-state index is 0.117. The topological polar surface area (TPSA) is 55.6 Å². The van der Waals surface area contributed by atoms with Crippen LogP contribution in [0.4, 0.5) is 24.8 Å². The standard InChI is InChI=1S/C12H14F3N5/c1-11(2,3)20-7-8(6-17-20)18-10-16-5-4-9(19-10)12(13,14)15/h4-7H,1-3H3,(H,16,18,19). The molecular formula is C12H14F3N5. The predicted molar refractivity (Wildman–Crippen MR) is 67.5 cm³/mol. The van der Waals surface area contributed by atoms with Crippen LogP contribution < -0.4 is 5.32 Å². The van der Waals surface area contributed by atoms with E-state index in [2.05, 4.69) is 20.4 Å². The van der Waals surface area contributed by atoms with Crippen molar-refractivity contribution in [1.29, 1.82) is 0 Å². The predicted octanol–water partition coefficient (Wildman–Crippen LogP) is 3.19. The van der Waals surface area contributed by atoms with Gasteiger partial charge in [-0.25, -0.2) is 9.97 Å². The molecule has 0 saturated carbocycles. The Kier molecular flexibility index (Phi) is 3.41. The van der Waals surface area contributed by atoms with Crippen LogP contribution in [0.15, 0.2) is 24.7 Å². The summed E-state index contributed by atoms with van der Waals surface area (Å²) < 4.78 is 39.3. The fraction of sp³-hybridized carbons (Fsp3) is 0.417. The van der Waals surface area contributed by atoms with Gasteiger partial charge in [0.25, 0.3) is 0 Å². The first-order valence-corrected chi connectivity index (χ1v) is 5.89. The molecule has 0 aliphatic heterocycles. The number of anilines is 2. The molecule has 2 rings (SSSR count). The summed E-state index contributed by atoms with van der Waals surface area (Å²) in [6.45, 7) is 5.89. The van der Waals surface area contributed by atoms with Crippen LogP contribution in [0.25, 0.3) is 0 Å². The van der Waals surface area contributed by atoms with Crippen molar-refractivity contribution in [2.45, 2.75) is 32.5 Å². The minimum Gasteiger partial charge on any atom is -0.321 e. The van der Waals surface area contributed by atoms with Crippen LogP contribution in [0.1, 0.15) is 26.5 Å². The monoisotopic (exact) mass is 285 g/mol. The maximum atomic E-state index is 12.5. The zero-order chi connectivity index (χ0) is 15.0. The molecule has 2 heterocycles. The zero-order valence-electron chi connectivity index (χ0n) is 11.2. The van der Waals surface area contributed by atoms with Crippen molar-refractivity contribution >= 4 is 11.6 Å². The molecule has 0 spiro atoms. The first kappa shape index (κ1) is 14.3. The van der Waals surface area contributed by atoms with Crippen LogP contribution in [0.3, 0.4) is 0 Å². The van der Waals surface area contributed by atoms with Gasteiger partial charge in [-0.15, -0.1) is 0 Å². The number of nitrogens with one attached hydrogen (secondary N) is 1. The van der Waals surface area contributed by atoms with E-state index in [9.17, 15) is 13.2 Å². The zero-order valence-corrected chi connectivity index (χ0v) is 11.2. The van der Waals surface area contributed by atoms with Crippen molar-refractivity contribution < 1.29 is 13.2 Å². The largest absolute Gasteiger partial charge is 0.433 e. The first-order chi connectivity index (χ1) is 9.16. The summed E-state index contributed by atoms with van der Waals surface area (Å²) in [4.78, 5) is 7.19. The van der Waals surface area contributed by atoms with Gasteiger partial charge in [0.05, 0.1) is 17.4 Å². The van der Waals surface area contributed by atoms with Crippen molar-refractivity contribution in [3.8, 4) is 0 Å². The number of hydrogen-bond acceptors (Lipinski definition) is 4. The van der Waals surface area contributed by atoms with Crippen LogP contribution in [-0.2, 0) is 11.7 Å². The van der Waals surface area contributed by atoms with Gasteiger partial charge in [-0.05, 0) is 26.8 Å². The molecule has 0 unspecified atom stereocenters. The van der Waals surface area contributed by atoms with Crippen LogP contribution >= 0.6 is 0 Å². The van der Waals surface area contributed by atoms with Gasteiger partial charge < -0.3 is 5.32 Å². The average Bonchev–Trinajstić information content (AvgIpc) is 2.76. The van der Waals surface area contributed by atoms with Gasteiger partial charge in [0.1, 0.15) is 5.69 Å².